The van der Waals surface area contributed by atoms with Crippen LogP contribution in [-0.4, -0.2) is 23.6 Å². The van der Waals surface area contributed by atoms with Crippen LogP contribution in [0.4, 0.5) is 0 Å². The highest BCUT2D eigenvalue weighted by molar-refractivity contribution is 5.29. The number of ether oxygens (including phenoxy) is 2. The number of aliphatic hydroxyl groups is 1. The van der Waals surface area contributed by atoms with Crippen LogP contribution in [0.1, 0.15) is 52.5 Å². The number of benzene rings is 1. The van der Waals surface area contributed by atoms with Crippen LogP contribution in [0.25, 0.3) is 0 Å². The van der Waals surface area contributed by atoms with Gasteiger partial charge in [-0.2, -0.15) is 0 Å². The van der Waals surface area contributed by atoms with Crippen LogP contribution in [0.2, 0.25) is 0 Å². The van der Waals surface area contributed by atoms with Gasteiger partial charge < -0.3 is 14.6 Å². The van der Waals surface area contributed by atoms with Crippen molar-refractivity contribution in [1.82, 2.24) is 0 Å². The molecule has 108 valence electrons. The average Bonchev–Trinajstić information content (AvgIpc) is 2.34. The molecule has 2 atom stereocenters. The molecule has 0 bridgehead atoms. The Hall–Kier alpha value is -1.06. The molecule has 0 aliphatic carbocycles. The second kappa shape index (κ2) is 6.92. The summed E-state index contributed by atoms with van der Waals surface area (Å²) in [6.45, 7) is 10.2. The summed E-state index contributed by atoms with van der Waals surface area (Å²) in [6.07, 6.45) is 0.215. The van der Waals surface area contributed by atoms with Crippen molar-refractivity contribution in [3.05, 3.63) is 29.8 Å². The summed E-state index contributed by atoms with van der Waals surface area (Å²) < 4.78 is 10.9. The minimum absolute atomic E-state index is 0.139. The van der Waals surface area contributed by atoms with Crippen LogP contribution in [0.3, 0.4) is 0 Å². The second-order valence-electron chi connectivity index (χ2n) is 5.87. The highest BCUT2D eigenvalue weighted by atomic mass is 16.6. The number of aliphatic hydroxyl groups excluding tert-OH is 1. The molecule has 0 aromatic heterocycles. The Morgan fingerprint density at radius 3 is 2.21 bits per heavy atom. The van der Waals surface area contributed by atoms with Crippen molar-refractivity contribution in [1.29, 1.82) is 0 Å². The van der Waals surface area contributed by atoms with E-state index >= 15 is 0 Å². The van der Waals surface area contributed by atoms with Crippen LogP contribution in [0.15, 0.2) is 24.3 Å². The Labute approximate surface area is 116 Å². The normalized spacial score (nSPS) is 15.1. The van der Waals surface area contributed by atoms with Crippen molar-refractivity contribution >= 4 is 0 Å². The van der Waals surface area contributed by atoms with Crippen molar-refractivity contribution in [2.75, 3.05) is 6.61 Å². The predicted octanol–water partition coefficient (Wildman–Crippen LogP) is 3.71. The van der Waals surface area contributed by atoms with E-state index in [1.165, 1.54) is 5.56 Å². The lowest BCUT2D eigenvalue weighted by molar-refractivity contribution is -0.178. The molecule has 0 amide bonds. The Morgan fingerprint density at radius 1 is 1.16 bits per heavy atom. The second-order valence-corrected chi connectivity index (χ2v) is 5.87. The first kappa shape index (κ1) is 16.0. The summed E-state index contributed by atoms with van der Waals surface area (Å²) in [6, 6.07) is 8.01. The van der Waals surface area contributed by atoms with E-state index in [0.717, 1.165) is 12.2 Å². The summed E-state index contributed by atoms with van der Waals surface area (Å²) in [7, 11) is 0. The van der Waals surface area contributed by atoms with Gasteiger partial charge in [0.25, 0.3) is 0 Å². The summed E-state index contributed by atoms with van der Waals surface area (Å²) in [5.74, 6) is 1.31. The van der Waals surface area contributed by atoms with Gasteiger partial charge in [-0.15, -0.1) is 0 Å². The molecular weight excluding hydrogens is 240 g/mol. The molecule has 0 heterocycles. The first-order valence-electron chi connectivity index (χ1n) is 6.90. The van der Waals surface area contributed by atoms with Crippen LogP contribution < -0.4 is 4.74 Å². The van der Waals surface area contributed by atoms with Crippen molar-refractivity contribution in [3.63, 3.8) is 0 Å². The standard InChI is InChI=1S/C16H26O3/c1-6-12(2)13-7-9-14(10-8-13)18-11-15(17)19-16(3,4)5/h7-10,12,15,17H,6,11H2,1-5H3. The zero-order chi connectivity index (χ0) is 14.5. The van der Waals surface area contributed by atoms with Gasteiger partial charge in [-0.25, -0.2) is 0 Å². The summed E-state index contributed by atoms with van der Waals surface area (Å²) in [5.41, 5.74) is 0.935. The predicted molar refractivity (Wildman–Crippen MR) is 77.5 cm³/mol. The average molecular weight is 266 g/mol. The van der Waals surface area contributed by atoms with Gasteiger partial charge in [0, 0.05) is 0 Å². The molecule has 1 N–H and O–H groups in total. The van der Waals surface area contributed by atoms with E-state index in [9.17, 15) is 5.11 Å². The van der Waals surface area contributed by atoms with E-state index in [2.05, 4.69) is 26.0 Å². The molecule has 0 spiro atoms. The maximum absolute atomic E-state index is 9.68. The maximum atomic E-state index is 9.68. The van der Waals surface area contributed by atoms with Gasteiger partial charge in [0.2, 0.25) is 0 Å². The molecule has 3 nitrogen and oxygen atoms in total. The summed E-state index contributed by atoms with van der Waals surface area (Å²) in [5, 5.41) is 9.68. The smallest absolute Gasteiger partial charge is 0.189 e. The van der Waals surface area contributed by atoms with Crippen molar-refractivity contribution in [3.8, 4) is 5.75 Å². The van der Waals surface area contributed by atoms with E-state index in [-0.39, 0.29) is 12.2 Å². The molecule has 1 rings (SSSR count). The highest BCUT2D eigenvalue weighted by Crippen LogP contribution is 2.21. The third-order valence-corrected chi connectivity index (χ3v) is 2.94. The maximum Gasteiger partial charge on any atom is 0.189 e. The first-order chi connectivity index (χ1) is 8.81. The molecule has 0 aliphatic rings. The van der Waals surface area contributed by atoms with E-state index in [1.54, 1.807) is 0 Å². The quantitative estimate of drug-likeness (QED) is 0.798. The third kappa shape index (κ3) is 6.08. The van der Waals surface area contributed by atoms with Gasteiger partial charge in [-0.3, -0.25) is 0 Å². The van der Waals surface area contributed by atoms with E-state index < -0.39 is 6.29 Å². The minimum Gasteiger partial charge on any atom is -0.488 e. The number of hydrogen-bond donors (Lipinski definition) is 1. The van der Waals surface area contributed by atoms with Gasteiger partial charge in [-0.05, 0) is 50.8 Å². The molecule has 0 aliphatic heterocycles. The Balaban J connectivity index is 2.46. The Morgan fingerprint density at radius 2 is 1.74 bits per heavy atom. The molecular formula is C16H26O3. The van der Waals surface area contributed by atoms with Gasteiger partial charge >= 0.3 is 0 Å². The fourth-order valence-corrected chi connectivity index (χ4v) is 1.74. The molecule has 3 heteroatoms. The lowest BCUT2D eigenvalue weighted by atomic mass is 9.99. The zero-order valence-corrected chi connectivity index (χ0v) is 12.6. The lowest BCUT2D eigenvalue weighted by Gasteiger charge is -2.24. The number of hydrogen-bond acceptors (Lipinski definition) is 3. The van der Waals surface area contributed by atoms with Crippen molar-refractivity contribution < 1.29 is 14.6 Å². The van der Waals surface area contributed by atoms with E-state index in [0.29, 0.717) is 5.92 Å². The molecule has 0 saturated carbocycles. The van der Waals surface area contributed by atoms with E-state index in [4.69, 9.17) is 9.47 Å². The Kier molecular flexibility index (Phi) is 5.83. The van der Waals surface area contributed by atoms with Gasteiger partial charge in [-0.1, -0.05) is 26.0 Å². The fraction of sp³-hybridized carbons (Fsp3) is 0.625. The highest BCUT2D eigenvalue weighted by Gasteiger charge is 2.16. The van der Waals surface area contributed by atoms with Crippen molar-refractivity contribution in [2.45, 2.75) is 58.8 Å². The SMILES string of the molecule is CCC(C)c1ccc(OCC(O)OC(C)(C)C)cc1. The largest absolute Gasteiger partial charge is 0.488 e. The lowest BCUT2D eigenvalue weighted by Crippen LogP contribution is -2.31. The minimum atomic E-state index is -0.908. The van der Waals surface area contributed by atoms with Gasteiger partial charge in [0.15, 0.2) is 6.29 Å². The molecule has 1 aromatic rings. The van der Waals surface area contributed by atoms with Gasteiger partial charge in [0.05, 0.1) is 5.60 Å². The fourth-order valence-electron chi connectivity index (χ4n) is 1.74. The van der Waals surface area contributed by atoms with Crippen LogP contribution in [-0.2, 0) is 4.74 Å². The third-order valence-electron chi connectivity index (χ3n) is 2.94. The molecule has 0 fully saturated rings. The molecule has 0 saturated heterocycles. The van der Waals surface area contributed by atoms with Crippen LogP contribution >= 0.6 is 0 Å². The Bertz CT molecular complexity index is 365. The zero-order valence-electron chi connectivity index (χ0n) is 12.6. The topological polar surface area (TPSA) is 38.7 Å². The molecule has 0 radical (unpaired) electrons. The van der Waals surface area contributed by atoms with Crippen LogP contribution in [0.5, 0.6) is 5.75 Å². The van der Waals surface area contributed by atoms with Crippen LogP contribution in [0, 0.1) is 0 Å². The molecule has 19 heavy (non-hydrogen) atoms. The summed E-state index contributed by atoms with van der Waals surface area (Å²) in [4.78, 5) is 0. The number of rotatable bonds is 6. The van der Waals surface area contributed by atoms with Crippen molar-refractivity contribution in [2.24, 2.45) is 0 Å². The monoisotopic (exact) mass is 266 g/mol. The summed E-state index contributed by atoms with van der Waals surface area (Å²) >= 11 is 0. The first-order valence-corrected chi connectivity index (χ1v) is 6.90. The van der Waals surface area contributed by atoms with Gasteiger partial charge in [0.1, 0.15) is 12.4 Å². The molecule has 1 aromatic carbocycles. The van der Waals surface area contributed by atoms with E-state index in [1.807, 2.05) is 32.9 Å². The molecule has 2 unspecified atom stereocenters.